The smallest absolute Gasteiger partial charge is 0.239 e. The third-order valence-electron chi connectivity index (χ3n) is 5.33. The average molecular weight is 452 g/mol. The number of amides is 1. The number of nitrogens with one attached hydrogen (secondary N) is 1. The zero-order chi connectivity index (χ0) is 19.3. The average Bonchev–Trinajstić information content (AvgIpc) is 3.40. The molecule has 4 rings (SSSR count). The van der Waals surface area contributed by atoms with E-state index >= 15 is 0 Å². The molecule has 3 aromatic heterocycles. The Bertz CT molecular complexity index is 893. The van der Waals surface area contributed by atoms with Crippen LogP contribution in [0.15, 0.2) is 49.4 Å². The molecule has 0 radical (unpaired) electrons. The number of hydrogen-bond donors (Lipinski definition) is 2. The summed E-state index contributed by atoms with van der Waals surface area (Å²) in [5.41, 5.74) is 8.20. The van der Waals surface area contributed by atoms with Gasteiger partial charge in [0.05, 0.1) is 12.4 Å². The predicted molar refractivity (Wildman–Crippen MR) is 119 cm³/mol. The number of halogens is 2. The standard InChI is InChI=1S/C20H25N7O.2ClH/c21-18(11-17-12-23-14-25-17)20(28)26-8-3-16(4-9-26)19-24-7-10-27(19)13-15-1-5-22-6-2-15;;/h1-2,5-7,10,12,14,16,18H,3-4,8-9,11,13,21H2,(H,23,25);2*1H/t18-;;/m0../s1. The first kappa shape index (κ1) is 23.9. The van der Waals surface area contributed by atoms with Gasteiger partial charge in [-0.3, -0.25) is 9.78 Å². The molecule has 4 heterocycles. The Labute approximate surface area is 188 Å². The maximum absolute atomic E-state index is 12.7. The van der Waals surface area contributed by atoms with Gasteiger partial charge >= 0.3 is 0 Å². The summed E-state index contributed by atoms with van der Waals surface area (Å²) in [5.74, 6) is 1.45. The third kappa shape index (κ3) is 5.59. The van der Waals surface area contributed by atoms with E-state index in [2.05, 4.69) is 24.5 Å². The molecule has 162 valence electrons. The fourth-order valence-electron chi connectivity index (χ4n) is 3.81. The molecule has 0 aliphatic carbocycles. The number of H-pyrrole nitrogens is 1. The van der Waals surface area contributed by atoms with Crippen LogP contribution in [0, 0.1) is 0 Å². The van der Waals surface area contributed by atoms with Crippen LogP contribution in [0.25, 0.3) is 0 Å². The van der Waals surface area contributed by atoms with Crippen molar-refractivity contribution in [2.75, 3.05) is 13.1 Å². The molecule has 1 saturated heterocycles. The second kappa shape index (κ2) is 11.1. The number of likely N-dealkylation sites (tertiary alicyclic amines) is 1. The van der Waals surface area contributed by atoms with Gasteiger partial charge in [0.1, 0.15) is 5.82 Å². The Balaban J connectivity index is 0.00000160. The molecule has 8 nitrogen and oxygen atoms in total. The van der Waals surface area contributed by atoms with Crippen molar-refractivity contribution >= 4 is 30.7 Å². The molecule has 3 aromatic rings. The van der Waals surface area contributed by atoms with E-state index in [1.54, 1.807) is 12.5 Å². The SMILES string of the molecule is Cl.Cl.N[C@@H](Cc1cnc[nH]1)C(=O)N1CCC(c2nccn2Cc2ccncc2)CC1. The molecule has 0 spiro atoms. The van der Waals surface area contributed by atoms with E-state index < -0.39 is 6.04 Å². The fraction of sp³-hybridized carbons (Fsp3) is 0.400. The van der Waals surface area contributed by atoms with Gasteiger partial charge < -0.3 is 20.2 Å². The molecule has 10 heteroatoms. The Hall–Kier alpha value is -2.42. The topological polar surface area (TPSA) is 106 Å². The molecule has 30 heavy (non-hydrogen) atoms. The molecule has 0 unspecified atom stereocenters. The van der Waals surface area contributed by atoms with Gasteiger partial charge in [0.15, 0.2) is 0 Å². The van der Waals surface area contributed by atoms with Crippen molar-refractivity contribution in [1.82, 2.24) is 29.4 Å². The molecule has 1 aliphatic heterocycles. The number of aromatic nitrogens is 5. The van der Waals surface area contributed by atoms with Crippen LogP contribution in [-0.4, -0.2) is 54.4 Å². The number of piperidine rings is 1. The van der Waals surface area contributed by atoms with Crippen molar-refractivity contribution in [3.63, 3.8) is 0 Å². The van der Waals surface area contributed by atoms with E-state index in [0.29, 0.717) is 25.4 Å². The summed E-state index contributed by atoms with van der Waals surface area (Å²) in [6, 6.07) is 3.50. The second-order valence-corrected chi connectivity index (χ2v) is 7.26. The molecule has 0 bridgehead atoms. The minimum atomic E-state index is -0.536. The van der Waals surface area contributed by atoms with Gasteiger partial charge in [-0.25, -0.2) is 9.97 Å². The summed E-state index contributed by atoms with van der Waals surface area (Å²) in [5, 5.41) is 0. The lowest BCUT2D eigenvalue weighted by molar-refractivity contribution is -0.133. The van der Waals surface area contributed by atoms with E-state index in [-0.39, 0.29) is 30.7 Å². The molecule has 1 amide bonds. The van der Waals surface area contributed by atoms with Gasteiger partial charge in [0.2, 0.25) is 5.91 Å². The maximum Gasteiger partial charge on any atom is 0.239 e. The van der Waals surface area contributed by atoms with Gasteiger partial charge in [-0.1, -0.05) is 0 Å². The zero-order valence-electron chi connectivity index (χ0n) is 16.6. The lowest BCUT2D eigenvalue weighted by Crippen LogP contribution is -2.48. The number of pyridine rings is 1. The highest BCUT2D eigenvalue weighted by molar-refractivity contribution is 5.85. The Morgan fingerprint density at radius 3 is 2.57 bits per heavy atom. The van der Waals surface area contributed by atoms with Gasteiger partial charge in [0.25, 0.3) is 0 Å². The number of nitrogens with zero attached hydrogens (tertiary/aromatic N) is 5. The van der Waals surface area contributed by atoms with Gasteiger partial charge in [-0.05, 0) is 30.5 Å². The minimum Gasteiger partial charge on any atom is -0.348 e. The van der Waals surface area contributed by atoms with Crippen molar-refractivity contribution in [3.8, 4) is 0 Å². The number of aromatic amines is 1. The van der Waals surface area contributed by atoms with Crippen molar-refractivity contribution in [2.45, 2.75) is 37.8 Å². The summed E-state index contributed by atoms with van der Waals surface area (Å²) < 4.78 is 2.20. The van der Waals surface area contributed by atoms with Gasteiger partial charge in [-0.2, -0.15) is 0 Å². The number of rotatable bonds is 6. The molecule has 1 atom stereocenters. The number of carbonyl (C=O) groups is 1. The van der Waals surface area contributed by atoms with Crippen LogP contribution in [0.3, 0.4) is 0 Å². The highest BCUT2D eigenvalue weighted by Crippen LogP contribution is 2.27. The first-order valence-corrected chi connectivity index (χ1v) is 9.62. The summed E-state index contributed by atoms with van der Waals surface area (Å²) >= 11 is 0. The molecular weight excluding hydrogens is 425 g/mol. The van der Waals surface area contributed by atoms with Gasteiger partial charge in [0, 0.05) is 68.7 Å². The first-order valence-electron chi connectivity index (χ1n) is 9.62. The molecular formula is C20H27Cl2N7O. The van der Waals surface area contributed by atoms with Crippen LogP contribution in [0.5, 0.6) is 0 Å². The third-order valence-corrected chi connectivity index (χ3v) is 5.33. The minimum absolute atomic E-state index is 0. The van der Waals surface area contributed by atoms with Crippen molar-refractivity contribution in [2.24, 2.45) is 5.73 Å². The summed E-state index contributed by atoms with van der Waals surface area (Å²) in [6.45, 7) is 2.21. The van der Waals surface area contributed by atoms with E-state index in [4.69, 9.17) is 5.73 Å². The van der Waals surface area contributed by atoms with E-state index in [9.17, 15) is 4.79 Å². The Morgan fingerprint density at radius 2 is 1.90 bits per heavy atom. The number of hydrogen-bond acceptors (Lipinski definition) is 5. The summed E-state index contributed by atoms with van der Waals surface area (Å²) in [6.07, 6.45) is 13.1. The molecule has 0 saturated carbocycles. The van der Waals surface area contributed by atoms with Crippen molar-refractivity contribution < 1.29 is 4.79 Å². The van der Waals surface area contributed by atoms with E-state index in [0.717, 1.165) is 30.9 Å². The quantitative estimate of drug-likeness (QED) is 0.597. The van der Waals surface area contributed by atoms with E-state index in [1.165, 1.54) is 5.56 Å². The largest absolute Gasteiger partial charge is 0.348 e. The van der Waals surface area contributed by atoms with Crippen molar-refractivity contribution in [1.29, 1.82) is 0 Å². The molecule has 0 aromatic carbocycles. The highest BCUT2D eigenvalue weighted by Gasteiger charge is 2.29. The Kier molecular flexibility index (Phi) is 8.83. The van der Waals surface area contributed by atoms with Crippen LogP contribution in [0.1, 0.15) is 35.8 Å². The van der Waals surface area contributed by atoms with Crippen LogP contribution >= 0.6 is 24.8 Å². The lowest BCUT2D eigenvalue weighted by Gasteiger charge is -2.33. The second-order valence-electron chi connectivity index (χ2n) is 7.26. The van der Waals surface area contributed by atoms with Crippen LogP contribution in [0.2, 0.25) is 0 Å². The van der Waals surface area contributed by atoms with Crippen LogP contribution < -0.4 is 5.73 Å². The van der Waals surface area contributed by atoms with Crippen LogP contribution in [-0.2, 0) is 17.8 Å². The normalized spacial score (nSPS) is 15.2. The first-order chi connectivity index (χ1) is 13.7. The predicted octanol–water partition coefficient (Wildman–Crippen LogP) is 2.17. The number of carbonyl (C=O) groups excluding carboxylic acids is 1. The zero-order valence-corrected chi connectivity index (χ0v) is 18.2. The summed E-state index contributed by atoms with van der Waals surface area (Å²) in [4.78, 5) is 30.2. The van der Waals surface area contributed by atoms with E-state index in [1.807, 2.05) is 41.8 Å². The molecule has 1 fully saturated rings. The number of nitrogens with two attached hydrogens (primary N) is 1. The van der Waals surface area contributed by atoms with Crippen LogP contribution in [0.4, 0.5) is 0 Å². The molecule has 3 N–H and O–H groups in total. The summed E-state index contributed by atoms with van der Waals surface area (Å²) in [7, 11) is 0. The fourth-order valence-corrected chi connectivity index (χ4v) is 3.81. The maximum atomic E-state index is 12.7. The monoisotopic (exact) mass is 451 g/mol. The lowest BCUT2D eigenvalue weighted by atomic mass is 9.95. The molecule has 1 aliphatic rings. The Morgan fingerprint density at radius 1 is 1.17 bits per heavy atom. The van der Waals surface area contributed by atoms with Crippen molar-refractivity contribution in [3.05, 3.63) is 66.5 Å². The number of imidazole rings is 2. The highest BCUT2D eigenvalue weighted by atomic mass is 35.5. The van der Waals surface area contributed by atoms with Gasteiger partial charge in [-0.15, -0.1) is 24.8 Å².